The first-order chi connectivity index (χ1) is 7.58. The van der Waals surface area contributed by atoms with Crippen molar-refractivity contribution in [2.45, 2.75) is 18.4 Å². The van der Waals surface area contributed by atoms with Crippen LogP contribution in [-0.4, -0.2) is 23.0 Å². The van der Waals surface area contributed by atoms with Gasteiger partial charge in [0.05, 0.1) is 17.2 Å². The number of aliphatic hydroxyl groups is 1. The third-order valence-corrected chi connectivity index (χ3v) is 2.65. The molecule has 0 radical (unpaired) electrons. The van der Waals surface area contributed by atoms with Gasteiger partial charge in [0, 0.05) is 0 Å². The van der Waals surface area contributed by atoms with Crippen molar-refractivity contribution in [1.29, 1.82) is 0 Å². The van der Waals surface area contributed by atoms with Crippen LogP contribution < -0.4 is 10.1 Å². The fourth-order valence-corrected chi connectivity index (χ4v) is 1.70. The molecule has 4 nitrogen and oxygen atoms in total. The number of carbonyl (C=O) groups is 1. The van der Waals surface area contributed by atoms with Gasteiger partial charge in [-0.25, -0.2) is 0 Å². The maximum absolute atomic E-state index is 11.1. The van der Waals surface area contributed by atoms with E-state index < -0.39 is 11.5 Å². The predicted octanol–water partition coefficient (Wildman–Crippen LogP) is 1.68. The number of carbonyl (C=O) groups excluding carboxylic acids is 1. The monoisotopic (exact) mass is 241 g/mol. The molecule has 1 aliphatic rings. The molecule has 1 aliphatic heterocycles. The number of rotatable bonds is 2. The van der Waals surface area contributed by atoms with Gasteiger partial charge in [0.15, 0.2) is 6.61 Å². The first-order valence-electron chi connectivity index (χ1n) is 4.96. The summed E-state index contributed by atoms with van der Waals surface area (Å²) in [5.41, 5.74) is 1.23. The number of anilines is 1. The van der Waals surface area contributed by atoms with E-state index in [0.717, 1.165) is 0 Å². The second kappa shape index (κ2) is 4.31. The second-order valence-corrected chi connectivity index (χ2v) is 4.40. The molecule has 86 valence electrons. The van der Waals surface area contributed by atoms with E-state index in [9.17, 15) is 9.90 Å². The maximum atomic E-state index is 11.1. The highest BCUT2D eigenvalue weighted by molar-refractivity contribution is 6.20. The summed E-state index contributed by atoms with van der Waals surface area (Å²) in [5, 5.41) is 12.1. The minimum Gasteiger partial charge on any atom is -0.482 e. The number of amides is 1. The molecule has 16 heavy (non-hydrogen) atoms. The van der Waals surface area contributed by atoms with E-state index in [2.05, 4.69) is 5.32 Å². The number of benzene rings is 1. The van der Waals surface area contributed by atoms with Crippen LogP contribution in [0, 0.1) is 0 Å². The van der Waals surface area contributed by atoms with Crippen molar-refractivity contribution in [2.75, 3.05) is 11.9 Å². The van der Waals surface area contributed by atoms with Crippen LogP contribution in [0.25, 0.3) is 0 Å². The van der Waals surface area contributed by atoms with Gasteiger partial charge in [-0.2, -0.15) is 0 Å². The van der Waals surface area contributed by atoms with Gasteiger partial charge in [0.2, 0.25) is 0 Å². The van der Waals surface area contributed by atoms with E-state index in [0.29, 0.717) is 17.0 Å². The van der Waals surface area contributed by atoms with Gasteiger partial charge in [-0.3, -0.25) is 4.79 Å². The molecule has 0 aromatic heterocycles. The topological polar surface area (TPSA) is 58.6 Å². The van der Waals surface area contributed by atoms with Crippen LogP contribution >= 0.6 is 11.6 Å². The second-order valence-electron chi connectivity index (χ2n) is 3.71. The Labute approximate surface area is 98.2 Å². The van der Waals surface area contributed by atoms with E-state index in [1.165, 1.54) is 0 Å². The van der Waals surface area contributed by atoms with E-state index in [4.69, 9.17) is 16.3 Å². The van der Waals surface area contributed by atoms with Crippen molar-refractivity contribution in [2.24, 2.45) is 0 Å². The fraction of sp³-hybridized carbons (Fsp3) is 0.364. The molecule has 1 aromatic carbocycles. The molecule has 0 fully saturated rings. The molecule has 1 aromatic rings. The molecule has 0 saturated heterocycles. The van der Waals surface area contributed by atoms with Gasteiger partial charge < -0.3 is 15.2 Å². The first kappa shape index (κ1) is 11.2. The van der Waals surface area contributed by atoms with Crippen molar-refractivity contribution in [3.8, 4) is 5.75 Å². The van der Waals surface area contributed by atoms with E-state index >= 15 is 0 Å². The van der Waals surface area contributed by atoms with Crippen LogP contribution in [0.4, 0.5) is 5.69 Å². The van der Waals surface area contributed by atoms with Crippen molar-refractivity contribution >= 4 is 23.2 Å². The Hall–Kier alpha value is -1.26. The van der Waals surface area contributed by atoms with Crippen LogP contribution in [0.2, 0.25) is 0 Å². The van der Waals surface area contributed by atoms with Crippen LogP contribution in [-0.2, 0) is 4.79 Å². The lowest BCUT2D eigenvalue weighted by Crippen LogP contribution is -2.25. The summed E-state index contributed by atoms with van der Waals surface area (Å²) in [5.74, 6) is 0.413. The Balaban J connectivity index is 2.31. The third-order valence-electron chi connectivity index (χ3n) is 2.41. The lowest BCUT2D eigenvalue weighted by molar-refractivity contribution is -0.118. The summed E-state index contributed by atoms with van der Waals surface area (Å²) >= 11 is 5.81. The van der Waals surface area contributed by atoms with E-state index in [1.54, 1.807) is 25.1 Å². The highest BCUT2D eigenvalue weighted by Gasteiger charge is 2.19. The van der Waals surface area contributed by atoms with Gasteiger partial charge in [-0.1, -0.05) is 6.07 Å². The standard InChI is InChI=1S/C11H12ClNO3/c1-6(12)11(15)7-2-3-9-8(4-7)13-10(14)5-16-9/h2-4,6,11,15H,5H2,1H3,(H,13,14). The third kappa shape index (κ3) is 2.13. The lowest BCUT2D eigenvalue weighted by Gasteiger charge is -2.20. The number of aliphatic hydroxyl groups excluding tert-OH is 1. The van der Waals surface area contributed by atoms with Gasteiger partial charge in [0.1, 0.15) is 5.75 Å². The molecular formula is C11H12ClNO3. The first-order valence-corrected chi connectivity index (χ1v) is 5.40. The highest BCUT2D eigenvalue weighted by Crippen LogP contribution is 2.32. The smallest absolute Gasteiger partial charge is 0.262 e. The van der Waals surface area contributed by atoms with Crippen LogP contribution in [0.5, 0.6) is 5.75 Å². The Bertz CT molecular complexity index is 420. The quantitative estimate of drug-likeness (QED) is 0.775. The predicted molar refractivity (Wildman–Crippen MR) is 60.8 cm³/mol. The summed E-state index contributed by atoms with van der Waals surface area (Å²) in [6.45, 7) is 1.74. The number of hydrogen-bond acceptors (Lipinski definition) is 3. The summed E-state index contributed by atoms with van der Waals surface area (Å²) < 4.78 is 5.20. The molecule has 2 atom stereocenters. The molecule has 0 saturated carbocycles. The zero-order chi connectivity index (χ0) is 11.7. The number of halogens is 1. The largest absolute Gasteiger partial charge is 0.482 e. The minimum atomic E-state index is -0.759. The highest BCUT2D eigenvalue weighted by atomic mass is 35.5. The molecule has 0 aliphatic carbocycles. The average Bonchev–Trinajstić information content (AvgIpc) is 2.26. The molecule has 5 heteroatoms. The Kier molecular flexibility index (Phi) is 3.03. The van der Waals surface area contributed by atoms with Gasteiger partial charge in [-0.05, 0) is 24.6 Å². The summed E-state index contributed by atoms with van der Waals surface area (Å²) in [6, 6.07) is 5.13. The normalized spacial score (nSPS) is 18.1. The summed E-state index contributed by atoms with van der Waals surface area (Å²) in [7, 11) is 0. The van der Waals surface area contributed by atoms with Crippen molar-refractivity contribution in [3.05, 3.63) is 23.8 Å². The van der Waals surface area contributed by atoms with Gasteiger partial charge in [-0.15, -0.1) is 11.6 Å². The van der Waals surface area contributed by atoms with Gasteiger partial charge in [0.25, 0.3) is 5.91 Å². The number of hydrogen-bond donors (Lipinski definition) is 2. The maximum Gasteiger partial charge on any atom is 0.262 e. The Morgan fingerprint density at radius 3 is 3.00 bits per heavy atom. The van der Waals surface area contributed by atoms with Crippen molar-refractivity contribution < 1.29 is 14.6 Å². The van der Waals surface area contributed by atoms with E-state index in [1.807, 2.05) is 0 Å². The molecule has 1 heterocycles. The van der Waals surface area contributed by atoms with Crippen LogP contribution in [0.15, 0.2) is 18.2 Å². The molecule has 2 rings (SSSR count). The molecule has 2 unspecified atom stereocenters. The van der Waals surface area contributed by atoms with Crippen molar-refractivity contribution in [3.63, 3.8) is 0 Å². The molecule has 0 bridgehead atoms. The molecule has 1 amide bonds. The number of alkyl halides is 1. The van der Waals surface area contributed by atoms with Gasteiger partial charge >= 0.3 is 0 Å². The average molecular weight is 242 g/mol. The fourth-order valence-electron chi connectivity index (χ4n) is 1.55. The summed E-state index contributed by atoms with van der Waals surface area (Å²) in [6.07, 6.45) is -0.759. The zero-order valence-corrected chi connectivity index (χ0v) is 9.49. The molecular weight excluding hydrogens is 230 g/mol. The molecule has 2 N–H and O–H groups in total. The number of nitrogens with one attached hydrogen (secondary N) is 1. The number of ether oxygens (including phenoxy) is 1. The lowest BCUT2D eigenvalue weighted by atomic mass is 10.1. The van der Waals surface area contributed by atoms with Crippen LogP contribution in [0.1, 0.15) is 18.6 Å². The van der Waals surface area contributed by atoms with Crippen molar-refractivity contribution in [1.82, 2.24) is 0 Å². The Morgan fingerprint density at radius 1 is 1.56 bits per heavy atom. The minimum absolute atomic E-state index is 0.0286. The SMILES string of the molecule is CC(Cl)C(O)c1ccc2c(c1)NC(=O)CO2. The van der Waals surface area contributed by atoms with E-state index in [-0.39, 0.29) is 12.5 Å². The summed E-state index contributed by atoms with van der Waals surface area (Å²) in [4.78, 5) is 11.1. The Morgan fingerprint density at radius 2 is 2.31 bits per heavy atom. The number of fused-ring (bicyclic) bond motifs is 1. The molecule has 0 spiro atoms. The zero-order valence-electron chi connectivity index (χ0n) is 8.74. The van der Waals surface area contributed by atoms with Crippen LogP contribution in [0.3, 0.4) is 0 Å².